The molecule has 0 unspecified atom stereocenters. The summed E-state index contributed by atoms with van der Waals surface area (Å²) in [5.41, 5.74) is 2.93. The molecule has 1 aromatic carbocycles. The van der Waals surface area contributed by atoms with Gasteiger partial charge in [0.05, 0.1) is 11.1 Å². The molecular weight excluding hydrogens is 310 g/mol. The van der Waals surface area contributed by atoms with Crippen LogP contribution < -0.4 is 0 Å². The van der Waals surface area contributed by atoms with E-state index in [2.05, 4.69) is 15.9 Å². The summed E-state index contributed by atoms with van der Waals surface area (Å²) < 4.78 is 0. The number of benzene rings is 1. The maximum absolute atomic E-state index is 13.3. The lowest BCUT2D eigenvalue weighted by Crippen LogP contribution is -2.37. The van der Waals surface area contributed by atoms with E-state index in [1.54, 1.807) is 0 Å². The van der Waals surface area contributed by atoms with E-state index < -0.39 is 0 Å². The first-order chi connectivity index (χ1) is 12.3. The maximum Gasteiger partial charge on any atom is 0.254 e. The lowest BCUT2D eigenvalue weighted by Gasteiger charge is -2.24. The third-order valence-electron chi connectivity index (χ3n) is 6.07. The third kappa shape index (κ3) is 2.82. The van der Waals surface area contributed by atoms with Gasteiger partial charge in [0.1, 0.15) is 0 Å². The first-order valence-corrected chi connectivity index (χ1v) is 9.72. The van der Waals surface area contributed by atoms with Gasteiger partial charge in [0.25, 0.3) is 5.91 Å². The Kier molecular flexibility index (Phi) is 3.74. The topological polar surface area (TPSA) is 36.4 Å². The van der Waals surface area contributed by atoms with Crippen molar-refractivity contribution in [3.05, 3.63) is 41.6 Å². The van der Waals surface area contributed by atoms with Crippen LogP contribution in [0.25, 0.3) is 10.9 Å². The standard InChI is InChI=1S/C21H25N3O/c25-21(24-12-9-16(14-24)23-10-3-4-11-23)18-13-20(15-7-8-15)22-19-6-2-1-5-17(18)19/h1-2,5-6,13,15-16H,3-4,7-12,14H2/t16-/m0/s1. The molecule has 1 amide bonds. The zero-order chi connectivity index (χ0) is 16.8. The number of likely N-dealkylation sites (tertiary alicyclic amines) is 2. The molecule has 25 heavy (non-hydrogen) atoms. The average molecular weight is 335 g/mol. The molecule has 0 radical (unpaired) electrons. The van der Waals surface area contributed by atoms with Crippen molar-refractivity contribution < 1.29 is 4.79 Å². The van der Waals surface area contributed by atoms with Crippen LogP contribution in [0.3, 0.4) is 0 Å². The molecule has 1 saturated carbocycles. The van der Waals surface area contributed by atoms with Crippen LogP contribution in [0.15, 0.2) is 30.3 Å². The van der Waals surface area contributed by atoms with Crippen molar-refractivity contribution in [3.63, 3.8) is 0 Å². The Hall–Kier alpha value is -1.94. The van der Waals surface area contributed by atoms with Crippen molar-refractivity contribution in [1.82, 2.24) is 14.8 Å². The van der Waals surface area contributed by atoms with E-state index in [9.17, 15) is 4.79 Å². The molecule has 3 fully saturated rings. The van der Waals surface area contributed by atoms with E-state index in [1.807, 2.05) is 24.3 Å². The number of fused-ring (bicyclic) bond motifs is 1. The molecule has 4 nitrogen and oxygen atoms in total. The largest absolute Gasteiger partial charge is 0.337 e. The Balaban J connectivity index is 1.45. The van der Waals surface area contributed by atoms with Crippen LogP contribution in [-0.4, -0.2) is 52.9 Å². The molecule has 2 aliphatic heterocycles. The molecule has 130 valence electrons. The summed E-state index contributed by atoms with van der Waals surface area (Å²) in [5.74, 6) is 0.759. The van der Waals surface area contributed by atoms with E-state index in [1.165, 1.54) is 38.8 Å². The van der Waals surface area contributed by atoms with Gasteiger partial charge < -0.3 is 4.90 Å². The van der Waals surface area contributed by atoms with Crippen LogP contribution in [0.5, 0.6) is 0 Å². The monoisotopic (exact) mass is 335 g/mol. The Morgan fingerprint density at radius 3 is 2.64 bits per heavy atom. The number of carbonyl (C=O) groups is 1. The highest BCUT2D eigenvalue weighted by Gasteiger charge is 2.33. The molecule has 3 heterocycles. The summed E-state index contributed by atoms with van der Waals surface area (Å²) in [6.07, 6.45) is 6.15. The van der Waals surface area contributed by atoms with E-state index >= 15 is 0 Å². The number of nitrogens with zero attached hydrogens (tertiary/aromatic N) is 3. The summed E-state index contributed by atoms with van der Waals surface area (Å²) in [6.45, 7) is 4.18. The number of para-hydroxylation sites is 1. The molecule has 1 aromatic heterocycles. The number of rotatable bonds is 3. The maximum atomic E-state index is 13.3. The van der Waals surface area contributed by atoms with Crippen LogP contribution in [-0.2, 0) is 0 Å². The van der Waals surface area contributed by atoms with E-state index in [0.29, 0.717) is 12.0 Å². The van der Waals surface area contributed by atoms with Gasteiger partial charge in [-0.15, -0.1) is 0 Å². The SMILES string of the molecule is O=C(c1cc(C2CC2)nc2ccccc12)N1CC[C@H](N2CCCC2)C1. The quantitative estimate of drug-likeness (QED) is 0.862. The van der Waals surface area contributed by atoms with Gasteiger partial charge in [0, 0.05) is 36.1 Å². The fraction of sp³-hybridized carbons (Fsp3) is 0.524. The molecular formula is C21H25N3O. The lowest BCUT2D eigenvalue weighted by atomic mass is 10.0. The molecule has 3 aliphatic rings. The fourth-order valence-corrected chi connectivity index (χ4v) is 4.46. The van der Waals surface area contributed by atoms with Crippen molar-refractivity contribution in [2.45, 2.75) is 44.1 Å². The van der Waals surface area contributed by atoms with Gasteiger partial charge >= 0.3 is 0 Å². The van der Waals surface area contributed by atoms with E-state index in [4.69, 9.17) is 4.98 Å². The van der Waals surface area contributed by atoms with Crippen LogP contribution in [0.4, 0.5) is 0 Å². The van der Waals surface area contributed by atoms with Crippen LogP contribution in [0.1, 0.15) is 54.1 Å². The first-order valence-electron chi connectivity index (χ1n) is 9.72. The summed E-state index contributed by atoms with van der Waals surface area (Å²) in [7, 11) is 0. The van der Waals surface area contributed by atoms with Gasteiger partial charge in [0.2, 0.25) is 0 Å². The van der Waals surface area contributed by atoms with Crippen LogP contribution >= 0.6 is 0 Å². The van der Waals surface area contributed by atoms with Crippen molar-refractivity contribution in [2.75, 3.05) is 26.2 Å². The summed E-state index contributed by atoms with van der Waals surface area (Å²) in [5, 5.41) is 1.00. The van der Waals surface area contributed by atoms with Crippen molar-refractivity contribution in [2.24, 2.45) is 0 Å². The number of hydrogen-bond acceptors (Lipinski definition) is 3. The van der Waals surface area contributed by atoms with E-state index in [0.717, 1.165) is 41.7 Å². The molecule has 0 spiro atoms. The predicted molar refractivity (Wildman–Crippen MR) is 98.8 cm³/mol. The summed E-state index contributed by atoms with van der Waals surface area (Å²) in [6, 6.07) is 10.7. The lowest BCUT2D eigenvalue weighted by molar-refractivity contribution is 0.0782. The number of carbonyl (C=O) groups excluding carboxylic acids is 1. The molecule has 1 atom stereocenters. The van der Waals surface area contributed by atoms with Crippen molar-refractivity contribution in [3.8, 4) is 0 Å². The zero-order valence-corrected chi connectivity index (χ0v) is 14.7. The second kappa shape index (κ2) is 6.10. The number of pyridine rings is 1. The molecule has 0 N–H and O–H groups in total. The minimum atomic E-state index is 0.196. The average Bonchev–Trinajstić information content (AvgIpc) is 3.14. The van der Waals surface area contributed by atoms with Gasteiger partial charge in [-0.05, 0) is 57.3 Å². The van der Waals surface area contributed by atoms with Gasteiger partial charge in [0.15, 0.2) is 0 Å². The Morgan fingerprint density at radius 1 is 1.04 bits per heavy atom. The second-order valence-corrected chi connectivity index (χ2v) is 7.82. The Labute approximate surface area is 148 Å². The summed E-state index contributed by atoms with van der Waals surface area (Å²) >= 11 is 0. The van der Waals surface area contributed by atoms with Crippen LogP contribution in [0.2, 0.25) is 0 Å². The second-order valence-electron chi connectivity index (χ2n) is 7.82. The first kappa shape index (κ1) is 15.3. The molecule has 1 aliphatic carbocycles. The highest BCUT2D eigenvalue weighted by Crippen LogP contribution is 2.40. The molecule has 2 aromatic rings. The molecule has 2 saturated heterocycles. The highest BCUT2D eigenvalue weighted by atomic mass is 16.2. The minimum absolute atomic E-state index is 0.196. The van der Waals surface area contributed by atoms with Gasteiger partial charge in [-0.3, -0.25) is 14.7 Å². The molecule has 4 heteroatoms. The van der Waals surface area contributed by atoms with Crippen LogP contribution in [0, 0.1) is 0 Å². The van der Waals surface area contributed by atoms with Crippen molar-refractivity contribution >= 4 is 16.8 Å². The highest BCUT2D eigenvalue weighted by molar-refractivity contribution is 6.06. The predicted octanol–water partition coefficient (Wildman–Crippen LogP) is 3.42. The molecule has 0 bridgehead atoms. The smallest absolute Gasteiger partial charge is 0.254 e. The third-order valence-corrected chi connectivity index (χ3v) is 6.07. The zero-order valence-electron chi connectivity index (χ0n) is 14.7. The van der Waals surface area contributed by atoms with Crippen molar-refractivity contribution in [1.29, 1.82) is 0 Å². The Morgan fingerprint density at radius 2 is 1.84 bits per heavy atom. The molecule has 5 rings (SSSR count). The number of aromatic nitrogens is 1. The van der Waals surface area contributed by atoms with E-state index in [-0.39, 0.29) is 5.91 Å². The van der Waals surface area contributed by atoms with Gasteiger partial charge in [-0.1, -0.05) is 18.2 Å². The normalized spacial score (nSPS) is 24.3. The number of amides is 1. The Bertz CT molecular complexity index is 808. The minimum Gasteiger partial charge on any atom is -0.337 e. The van der Waals surface area contributed by atoms with Gasteiger partial charge in [-0.25, -0.2) is 0 Å². The van der Waals surface area contributed by atoms with Gasteiger partial charge in [-0.2, -0.15) is 0 Å². The number of hydrogen-bond donors (Lipinski definition) is 0. The summed E-state index contributed by atoms with van der Waals surface area (Å²) in [4.78, 5) is 22.7. The fourth-order valence-electron chi connectivity index (χ4n) is 4.46.